The van der Waals surface area contributed by atoms with Gasteiger partial charge in [-0.05, 0) is 41.3 Å². The Kier molecular flexibility index (Phi) is 5.80. The third kappa shape index (κ3) is 4.87. The lowest BCUT2D eigenvalue weighted by molar-refractivity contribution is 0.102. The van der Waals surface area contributed by atoms with Gasteiger partial charge in [0.25, 0.3) is 5.91 Å². The standard InChI is InChI=1S/C21H16F2N4O2S/c22-16-7-5-14(6-8-16)10-27-13-24-21(26-27)25-20(28)19-9-15(12-30-19)11-29-18-4-2-1-3-17(18)23/h1-9,12-13H,10-11H2,(H,25,26,28). The number of amides is 1. The zero-order valence-electron chi connectivity index (χ0n) is 15.6. The minimum absolute atomic E-state index is 0.148. The summed E-state index contributed by atoms with van der Waals surface area (Å²) in [6.07, 6.45) is 1.49. The minimum atomic E-state index is -0.437. The van der Waals surface area contributed by atoms with Crippen molar-refractivity contribution in [3.63, 3.8) is 0 Å². The Morgan fingerprint density at radius 2 is 1.90 bits per heavy atom. The first-order chi connectivity index (χ1) is 14.6. The highest BCUT2D eigenvalue weighted by Crippen LogP contribution is 2.20. The highest BCUT2D eigenvalue weighted by Gasteiger charge is 2.13. The third-order valence-corrected chi connectivity index (χ3v) is 5.11. The molecule has 30 heavy (non-hydrogen) atoms. The van der Waals surface area contributed by atoms with Crippen LogP contribution in [0.1, 0.15) is 20.8 Å². The third-order valence-electron chi connectivity index (χ3n) is 4.13. The van der Waals surface area contributed by atoms with E-state index in [1.807, 2.05) is 0 Å². The van der Waals surface area contributed by atoms with Crippen molar-refractivity contribution < 1.29 is 18.3 Å². The van der Waals surface area contributed by atoms with Crippen molar-refractivity contribution in [1.82, 2.24) is 14.8 Å². The fourth-order valence-electron chi connectivity index (χ4n) is 2.66. The maximum Gasteiger partial charge on any atom is 0.268 e. The average molecular weight is 426 g/mol. The lowest BCUT2D eigenvalue weighted by Gasteiger charge is -2.05. The lowest BCUT2D eigenvalue weighted by Crippen LogP contribution is -2.12. The molecule has 2 heterocycles. The van der Waals surface area contributed by atoms with Crippen molar-refractivity contribution in [2.24, 2.45) is 0 Å². The average Bonchev–Trinajstić information content (AvgIpc) is 3.39. The number of nitrogens with zero attached hydrogens (tertiary/aromatic N) is 3. The van der Waals surface area contributed by atoms with Gasteiger partial charge in [0.2, 0.25) is 5.95 Å². The van der Waals surface area contributed by atoms with Crippen LogP contribution in [-0.4, -0.2) is 20.7 Å². The van der Waals surface area contributed by atoms with E-state index in [1.54, 1.807) is 46.5 Å². The summed E-state index contributed by atoms with van der Waals surface area (Å²) < 4.78 is 33.6. The molecule has 152 valence electrons. The van der Waals surface area contributed by atoms with Gasteiger partial charge in [0.1, 0.15) is 18.8 Å². The molecule has 0 atom stereocenters. The number of para-hydroxylation sites is 1. The molecule has 0 radical (unpaired) electrons. The van der Waals surface area contributed by atoms with Crippen LogP contribution in [0.15, 0.2) is 66.3 Å². The van der Waals surface area contributed by atoms with Crippen molar-refractivity contribution in [2.45, 2.75) is 13.2 Å². The van der Waals surface area contributed by atoms with Crippen LogP contribution >= 0.6 is 11.3 Å². The number of hydrogen-bond donors (Lipinski definition) is 1. The first-order valence-corrected chi connectivity index (χ1v) is 9.85. The van der Waals surface area contributed by atoms with Gasteiger partial charge in [0.05, 0.1) is 11.4 Å². The van der Waals surface area contributed by atoms with E-state index in [0.29, 0.717) is 11.4 Å². The van der Waals surface area contributed by atoms with Crippen LogP contribution in [0, 0.1) is 11.6 Å². The molecule has 0 spiro atoms. The SMILES string of the molecule is O=C(Nc1ncn(Cc2ccc(F)cc2)n1)c1cc(COc2ccccc2F)cs1. The van der Waals surface area contributed by atoms with E-state index >= 15 is 0 Å². The van der Waals surface area contributed by atoms with Crippen LogP contribution in [0.3, 0.4) is 0 Å². The van der Waals surface area contributed by atoms with Crippen molar-refractivity contribution in [1.29, 1.82) is 0 Å². The summed E-state index contributed by atoms with van der Waals surface area (Å²) in [6, 6.07) is 13.9. The van der Waals surface area contributed by atoms with Crippen molar-refractivity contribution in [2.75, 3.05) is 5.32 Å². The number of hydrogen-bond acceptors (Lipinski definition) is 5. The number of carbonyl (C=O) groups is 1. The largest absolute Gasteiger partial charge is 0.486 e. The zero-order valence-corrected chi connectivity index (χ0v) is 16.4. The Balaban J connectivity index is 1.34. The number of aromatic nitrogens is 3. The minimum Gasteiger partial charge on any atom is -0.486 e. The van der Waals surface area contributed by atoms with E-state index in [1.165, 1.54) is 35.9 Å². The Labute approximate surface area is 174 Å². The van der Waals surface area contributed by atoms with Gasteiger partial charge in [0.15, 0.2) is 11.6 Å². The summed E-state index contributed by atoms with van der Waals surface area (Å²) in [5.41, 5.74) is 1.61. The van der Waals surface area contributed by atoms with Crippen LogP contribution in [0.5, 0.6) is 5.75 Å². The first kappa shape index (κ1) is 19.7. The normalized spacial score (nSPS) is 10.7. The predicted octanol–water partition coefficient (Wildman–Crippen LogP) is 4.50. The summed E-state index contributed by atoms with van der Waals surface area (Å²) in [4.78, 5) is 17.0. The highest BCUT2D eigenvalue weighted by atomic mass is 32.1. The maximum atomic E-state index is 13.6. The topological polar surface area (TPSA) is 69.0 Å². The molecule has 1 amide bonds. The fraction of sp³-hybridized carbons (Fsp3) is 0.0952. The summed E-state index contributed by atoms with van der Waals surface area (Å²) >= 11 is 1.24. The summed E-state index contributed by atoms with van der Waals surface area (Å²) in [5, 5.41) is 8.62. The van der Waals surface area contributed by atoms with E-state index in [2.05, 4.69) is 15.4 Å². The van der Waals surface area contributed by atoms with Crippen LogP contribution < -0.4 is 10.1 Å². The summed E-state index contributed by atoms with van der Waals surface area (Å²) in [6.45, 7) is 0.551. The molecule has 6 nitrogen and oxygen atoms in total. The number of halogens is 2. The Hall–Kier alpha value is -3.59. The highest BCUT2D eigenvalue weighted by molar-refractivity contribution is 7.12. The number of ether oxygens (including phenoxy) is 1. The number of anilines is 1. The Morgan fingerprint density at radius 3 is 2.70 bits per heavy atom. The monoisotopic (exact) mass is 426 g/mol. The number of carbonyl (C=O) groups excluding carboxylic acids is 1. The van der Waals surface area contributed by atoms with Gasteiger partial charge in [0, 0.05) is 5.56 Å². The van der Waals surface area contributed by atoms with Crippen LogP contribution in [-0.2, 0) is 13.2 Å². The molecule has 9 heteroatoms. The molecule has 0 aliphatic rings. The fourth-order valence-corrected chi connectivity index (χ4v) is 3.45. The summed E-state index contributed by atoms with van der Waals surface area (Å²) in [5.74, 6) is -0.769. The van der Waals surface area contributed by atoms with E-state index in [-0.39, 0.29) is 30.0 Å². The van der Waals surface area contributed by atoms with E-state index in [0.717, 1.165) is 11.1 Å². The number of thiophene rings is 1. The zero-order chi connectivity index (χ0) is 20.9. The molecular weight excluding hydrogens is 410 g/mol. The molecule has 2 aromatic heterocycles. The Morgan fingerprint density at radius 1 is 1.10 bits per heavy atom. The maximum absolute atomic E-state index is 13.6. The van der Waals surface area contributed by atoms with Crippen LogP contribution in [0.25, 0.3) is 0 Å². The molecule has 0 bridgehead atoms. The van der Waals surface area contributed by atoms with Gasteiger partial charge >= 0.3 is 0 Å². The molecule has 0 unspecified atom stereocenters. The number of benzene rings is 2. The van der Waals surface area contributed by atoms with Crippen LogP contribution in [0.2, 0.25) is 0 Å². The molecule has 0 aliphatic heterocycles. The molecule has 0 fully saturated rings. The predicted molar refractivity (Wildman–Crippen MR) is 109 cm³/mol. The number of nitrogens with one attached hydrogen (secondary N) is 1. The molecule has 0 aliphatic carbocycles. The van der Waals surface area contributed by atoms with Gasteiger partial charge in [-0.2, -0.15) is 0 Å². The van der Waals surface area contributed by atoms with E-state index in [9.17, 15) is 13.6 Å². The Bertz CT molecular complexity index is 1160. The van der Waals surface area contributed by atoms with Gasteiger partial charge in [-0.25, -0.2) is 18.4 Å². The molecule has 2 aromatic carbocycles. The molecule has 0 saturated carbocycles. The van der Waals surface area contributed by atoms with Crippen molar-refractivity contribution in [3.8, 4) is 5.75 Å². The quantitative estimate of drug-likeness (QED) is 0.473. The second kappa shape index (κ2) is 8.83. The van der Waals surface area contributed by atoms with E-state index in [4.69, 9.17) is 4.74 Å². The molecule has 4 aromatic rings. The van der Waals surface area contributed by atoms with Gasteiger partial charge in [-0.1, -0.05) is 24.3 Å². The smallest absolute Gasteiger partial charge is 0.268 e. The molecule has 1 N–H and O–H groups in total. The molecule has 4 rings (SSSR count). The van der Waals surface area contributed by atoms with Gasteiger partial charge < -0.3 is 4.74 Å². The first-order valence-electron chi connectivity index (χ1n) is 8.97. The summed E-state index contributed by atoms with van der Waals surface area (Å²) in [7, 11) is 0. The van der Waals surface area contributed by atoms with Crippen molar-refractivity contribution >= 4 is 23.2 Å². The van der Waals surface area contributed by atoms with Gasteiger partial charge in [-0.15, -0.1) is 16.4 Å². The lowest BCUT2D eigenvalue weighted by atomic mass is 10.2. The molecule has 0 saturated heterocycles. The van der Waals surface area contributed by atoms with Crippen LogP contribution in [0.4, 0.5) is 14.7 Å². The van der Waals surface area contributed by atoms with Gasteiger partial charge in [-0.3, -0.25) is 10.1 Å². The van der Waals surface area contributed by atoms with Crippen molar-refractivity contribution in [3.05, 3.63) is 93.9 Å². The molecular formula is C21H16F2N4O2S. The second-order valence-electron chi connectivity index (χ2n) is 6.38. The number of rotatable bonds is 7. The van der Waals surface area contributed by atoms with E-state index < -0.39 is 5.82 Å². The second-order valence-corrected chi connectivity index (χ2v) is 7.30.